The van der Waals surface area contributed by atoms with Crippen molar-refractivity contribution in [3.05, 3.63) is 57.8 Å². The van der Waals surface area contributed by atoms with Crippen molar-refractivity contribution in [2.45, 2.75) is 6.42 Å². The molecule has 3 aromatic rings. The lowest BCUT2D eigenvalue weighted by Gasteiger charge is -2.34. The van der Waals surface area contributed by atoms with Gasteiger partial charge in [0.1, 0.15) is 0 Å². The molecule has 1 saturated heterocycles. The highest BCUT2D eigenvalue weighted by molar-refractivity contribution is 9.10. The third-order valence-corrected chi connectivity index (χ3v) is 6.16. The Morgan fingerprint density at radius 3 is 2.59 bits per heavy atom. The maximum absolute atomic E-state index is 6.02. The number of pyridine rings is 1. The summed E-state index contributed by atoms with van der Waals surface area (Å²) in [5.41, 5.74) is 2.24. The Labute approximate surface area is 176 Å². The van der Waals surface area contributed by atoms with E-state index in [1.165, 1.54) is 17.1 Å². The summed E-state index contributed by atoms with van der Waals surface area (Å²) < 4.78 is 5.61. The number of halogens is 2. The van der Waals surface area contributed by atoms with Gasteiger partial charge < -0.3 is 4.90 Å². The summed E-state index contributed by atoms with van der Waals surface area (Å²) in [4.78, 5) is 13.6. The van der Waals surface area contributed by atoms with E-state index in [4.69, 9.17) is 11.6 Å². The Bertz CT molecular complexity index is 893. The molecular formula is C19H19BrClN5S. The average molecular weight is 465 g/mol. The van der Waals surface area contributed by atoms with E-state index in [0.29, 0.717) is 10.8 Å². The van der Waals surface area contributed by atoms with Crippen molar-refractivity contribution in [1.29, 1.82) is 0 Å². The molecule has 140 valence electrons. The molecule has 1 aliphatic rings. The van der Waals surface area contributed by atoms with Crippen LogP contribution in [0.2, 0.25) is 5.02 Å². The molecule has 0 spiro atoms. The van der Waals surface area contributed by atoms with Crippen LogP contribution in [-0.2, 0) is 6.42 Å². The van der Waals surface area contributed by atoms with Gasteiger partial charge in [-0.2, -0.15) is 9.36 Å². The van der Waals surface area contributed by atoms with Gasteiger partial charge in [0.25, 0.3) is 0 Å². The summed E-state index contributed by atoms with van der Waals surface area (Å²) in [6, 6.07) is 10.4. The van der Waals surface area contributed by atoms with Crippen LogP contribution in [0, 0.1) is 0 Å². The molecule has 0 saturated carbocycles. The Hall–Kier alpha value is -1.54. The van der Waals surface area contributed by atoms with E-state index in [2.05, 4.69) is 64.3 Å². The van der Waals surface area contributed by atoms with Crippen LogP contribution >= 0.6 is 39.1 Å². The van der Waals surface area contributed by atoms with Crippen LogP contribution in [0.3, 0.4) is 0 Å². The summed E-state index contributed by atoms with van der Waals surface area (Å²) in [6.45, 7) is 5.13. The normalized spacial score (nSPS) is 15.3. The largest absolute Gasteiger partial charge is 0.344 e. The number of hydrogen-bond acceptors (Lipinski definition) is 6. The second-order valence-corrected chi connectivity index (χ2v) is 8.58. The van der Waals surface area contributed by atoms with Gasteiger partial charge in [0.2, 0.25) is 5.13 Å². The topological polar surface area (TPSA) is 45.2 Å². The Balaban J connectivity index is 1.31. The fraction of sp³-hybridized carbons (Fsp3) is 0.316. The molecule has 27 heavy (non-hydrogen) atoms. The van der Waals surface area contributed by atoms with Gasteiger partial charge in [0, 0.05) is 66.7 Å². The van der Waals surface area contributed by atoms with E-state index in [1.807, 2.05) is 6.07 Å². The lowest BCUT2D eigenvalue weighted by Crippen LogP contribution is -2.47. The highest BCUT2D eigenvalue weighted by atomic mass is 79.9. The van der Waals surface area contributed by atoms with Crippen LogP contribution < -0.4 is 4.90 Å². The first-order valence-corrected chi connectivity index (χ1v) is 10.8. The summed E-state index contributed by atoms with van der Waals surface area (Å²) >= 11 is 10.9. The molecule has 0 amide bonds. The van der Waals surface area contributed by atoms with Crippen molar-refractivity contribution in [3.8, 4) is 11.4 Å². The molecule has 4 rings (SSSR count). The minimum Gasteiger partial charge on any atom is -0.344 e. The highest BCUT2D eigenvalue weighted by Gasteiger charge is 2.20. The minimum absolute atomic E-state index is 0.600. The van der Waals surface area contributed by atoms with E-state index >= 15 is 0 Å². The maximum atomic E-state index is 6.02. The fourth-order valence-electron chi connectivity index (χ4n) is 3.10. The molecule has 0 aliphatic carbocycles. The third-order valence-electron chi connectivity index (χ3n) is 4.65. The molecule has 0 unspecified atom stereocenters. The molecule has 2 aromatic heterocycles. The van der Waals surface area contributed by atoms with E-state index in [9.17, 15) is 0 Å². The number of piperazine rings is 1. The number of rotatable bonds is 5. The van der Waals surface area contributed by atoms with E-state index < -0.39 is 0 Å². The van der Waals surface area contributed by atoms with E-state index in [1.54, 1.807) is 12.4 Å². The van der Waals surface area contributed by atoms with Crippen LogP contribution in [0.1, 0.15) is 5.56 Å². The van der Waals surface area contributed by atoms with Gasteiger partial charge in [-0.3, -0.25) is 9.88 Å². The smallest absolute Gasteiger partial charge is 0.205 e. The molecule has 1 fully saturated rings. The molecule has 0 bridgehead atoms. The molecule has 1 aliphatic heterocycles. The first-order valence-electron chi connectivity index (χ1n) is 8.84. The van der Waals surface area contributed by atoms with Crippen molar-refractivity contribution >= 4 is 44.2 Å². The van der Waals surface area contributed by atoms with Crippen LogP contribution in [0.5, 0.6) is 0 Å². The van der Waals surface area contributed by atoms with E-state index in [0.717, 1.165) is 54.3 Å². The van der Waals surface area contributed by atoms with Crippen LogP contribution in [0.25, 0.3) is 11.4 Å². The zero-order valence-corrected chi connectivity index (χ0v) is 17.8. The predicted molar refractivity (Wildman–Crippen MR) is 115 cm³/mol. The van der Waals surface area contributed by atoms with Crippen molar-refractivity contribution in [2.75, 3.05) is 37.6 Å². The second-order valence-electron chi connectivity index (χ2n) is 6.50. The van der Waals surface area contributed by atoms with Gasteiger partial charge in [0.15, 0.2) is 5.82 Å². The van der Waals surface area contributed by atoms with E-state index in [-0.39, 0.29) is 0 Å². The van der Waals surface area contributed by atoms with Gasteiger partial charge >= 0.3 is 0 Å². The van der Waals surface area contributed by atoms with Crippen molar-refractivity contribution < 1.29 is 0 Å². The quantitative estimate of drug-likeness (QED) is 0.561. The number of benzene rings is 1. The lowest BCUT2D eigenvalue weighted by molar-refractivity contribution is 0.261. The standard InChI is InChI=1S/C19H19BrClN5S/c20-16-3-1-14(2-4-16)5-6-25-7-9-26(10-8-25)19-23-18(24-27-19)15-11-17(21)13-22-12-15/h1-4,11-13H,5-10H2. The number of nitrogens with zero attached hydrogens (tertiary/aromatic N) is 5. The molecule has 3 heterocycles. The Kier molecular flexibility index (Phi) is 6.02. The number of aromatic nitrogens is 3. The van der Waals surface area contributed by atoms with Gasteiger partial charge in [-0.15, -0.1) is 0 Å². The summed E-state index contributed by atoms with van der Waals surface area (Å²) in [6.07, 6.45) is 4.45. The zero-order valence-electron chi connectivity index (χ0n) is 14.7. The molecule has 0 N–H and O–H groups in total. The highest BCUT2D eigenvalue weighted by Crippen LogP contribution is 2.25. The average Bonchev–Trinajstić information content (AvgIpc) is 3.18. The van der Waals surface area contributed by atoms with Gasteiger partial charge in [-0.25, -0.2) is 0 Å². The fourth-order valence-corrected chi connectivity index (χ4v) is 4.27. The second kappa shape index (κ2) is 8.65. The molecule has 0 radical (unpaired) electrons. The SMILES string of the molecule is Clc1cncc(-c2nsc(N3CCN(CCc4ccc(Br)cc4)CC3)n2)c1. The first-order chi connectivity index (χ1) is 13.2. The Morgan fingerprint density at radius 1 is 1.07 bits per heavy atom. The summed E-state index contributed by atoms with van der Waals surface area (Å²) in [5.74, 6) is 0.697. The number of hydrogen-bond donors (Lipinski definition) is 0. The molecule has 8 heteroatoms. The van der Waals surface area contributed by atoms with Crippen molar-refractivity contribution in [1.82, 2.24) is 19.2 Å². The summed E-state index contributed by atoms with van der Waals surface area (Å²) in [5, 5.41) is 1.57. The van der Waals surface area contributed by atoms with Crippen molar-refractivity contribution in [3.63, 3.8) is 0 Å². The van der Waals surface area contributed by atoms with Crippen molar-refractivity contribution in [2.24, 2.45) is 0 Å². The zero-order chi connectivity index (χ0) is 18.6. The van der Waals surface area contributed by atoms with Gasteiger partial charge in [-0.1, -0.05) is 39.7 Å². The lowest BCUT2D eigenvalue weighted by atomic mass is 10.1. The molecule has 5 nitrogen and oxygen atoms in total. The first kappa shape index (κ1) is 18.8. The maximum Gasteiger partial charge on any atom is 0.205 e. The Morgan fingerprint density at radius 2 is 1.85 bits per heavy atom. The monoisotopic (exact) mass is 463 g/mol. The van der Waals surface area contributed by atoms with Gasteiger partial charge in [-0.05, 0) is 30.2 Å². The molecule has 0 atom stereocenters. The third kappa shape index (κ3) is 4.85. The molecule has 1 aromatic carbocycles. The van der Waals surface area contributed by atoms with Gasteiger partial charge in [0.05, 0.1) is 5.02 Å². The van der Waals surface area contributed by atoms with Crippen LogP contribution in [-0.4, -0.2) is 52.0 Å². The molecular weight excluding hydrogens is 446 g/mol. The van der Waals surface area contributed by atoms with Crippen LogP contribution in [0.15, 0.2) is 47.2 Å². The summed E-state index contributed by atoms with van der Waals surface area (Å²) in [7, 11) is 0. The predicted octanol–water partition coefficient (Wildman–Crippen LogP) is 4.38. The minimum atomic E-state index is 0.600. The number of anilines is 1. The van der Waals surface area contributed by atoms with Crippen LogP contribution in [0.4, 0.5) is 5.13 Å².